The average molecular weight is 324 g/mol. The van der Waals surface area contributed by atoms with Gasteiger partial charge >= 0.3 is 0 Å². The monoisotopic (exact) mass is 324 g/mol. The number of methoxy groups -OCH3 is 2. The van der Waals surface area contributed by atoms with Gasteiger partial charge in [0.15, 0.2) is 11.5 Å². The molecule has 5 heteroatoms. The summed E-state index contributed by atoms with van der Waals surface area (Å²) in [6.07, 6.45) is 1.70. The van der Waals surface area contributed by atoms with Crippen LogP contribution >= 0.6 is 0 Å². The first-order valence-corrected chi connectivity index (χ1v) is 7.65. The Labute approximate surface area is 140 Å². The summed E-state index contributed by atoms with van der Waals surface area (Å²) in [5, 5.41) is 3.77. The fourth-order valence-corrected chi connectivity index (χ4v) is 2.70. The molecular weight excluding hydrogens is 304 g/mol. The minimum absolute atomic E-state index is 0.165. The standard InChI is InChI=1S/C19H20N2O3/c1-11-5-6-12(2)15(7-11)21-19(22)14-10-20-16-9-18(24-4)17(23-3)8-13(14)16/h5-10,20H,1-4H3,(H,21,22). The van der Waals surface area contributed by atoms with Gasteiger partial charge in [-0.2, -0.15) is 0 Å². The number of carbonyl (C=O) groups excluding carboxylic acids is 1. The third kappa shape index (κ3) is 2.80. The van der Waals surface area contributed by atoms with E-state index < -0.39 is 0 Å². The third-order valence-corrected chi connectivity index (χ3v) is 4.07. The van der Waals surface area contributed by atoms with Crippen molar-refractivity contribution in [3.05, 3.63) is 53.2 Å². The van der Waals surface area contributed by atoms with Gasteiger partial charge in [-0.15, -0.1) is 0 Å². The molecule has 0 spiro atoms. The zero-order chi connectivity index (χ0) is 17.3. The minimum atomic E-state index is -0.165. The fourth-order valence-electron chi connectivity index (χ4n) is 2.70. The summed E-state index contributed by atoms with van der Waals surface area (Å²) in [5.74, 6) is 1.04. The Morgan fingerprint density at radius 2 is 1.75 bits per heavy atom. The number of rotatable bonds is 4. The Morgan fingerprint density at radius 1 is 1.04 bits per heavy atom. The van der Waals surface area contributed by atoms with Crippen LogP contribution in [0.1, 0.15) is 21.5 Å². The summed E-state index contributed by atoms with van der Waals surface area (Å²) in [4.78, 5) is 15.8. The van der Waals surface area contributed by atoms with Gasteiger partial charge in [0.1, 0.15) is 0 Å². The van der Waals surface area contributed by atoms with E-state index in [-0.39, 0.29) is 5.91 Å². The maximum atomic E-state index is 12.7. The van der Waals surface area contributed by atoms with E-state index in [1.807, 2.05) is 44.2 Å². The van der Waals surface area contributed by atoms with Crippen LogP contribution < -0.4 is 14.8 Å². The van der Waals surface area contributed by atoms with Crippen LogP contribution in [0.2, 0.25) is 0 Å². The van der Waals surface area contributed by atoms with Crippen LogP contribution in [0.3, 0.4) is 0 Å². The smallest absolute Gasteiger partial charge is 0.257 e. The molecule has 0 bridgehead atoms. The van der Waals surface area contributed by atoms with Crippen LogP contribution in [0, 0.1) is 13.8 Å². The van der Waals surface area contributed by atoms with Gasteiger partial charge in [0.05, 0.1) is 25.3 Å². The van der Waals surface area contributed by atoms with Gasteiger partial charge in [-0.3, -0.25) is 4.79 Å². The summed E-state index contributed by atoms with van der Waals surface area (Å²) in [6, 6.07) is 9.61. The first-order chi connectivity index (χ1) is 11.5. The van der Waals surface area contributed by atoms with E-state index in [0.29, 0.717) is 17.1 Å². The fraction of sp³-hybridized carbons (Fsp3) is 0.211. The number of hydrogen-bond acceptors (Lipinski definition) is 3. The number of H-pyrrole nitrogens is 1. The van der Waals surface area contributed by atoms with Crippen LogP contribution in [0.25, 0.3) is 10.9 Å². The van der Waals surface area contributed by atoms with Crippen molar-refractivity contribution in [3.8, 4) is 11.5 Å². The number of hydrogen-bond donors (Lipinski definition) is 2. The lowest BCUT2D eigenvalue weighted by atomic mass is 10.1. The molecule has 0 aliphatic heterocycles. The molecule has 1 amide bonds. The number of aromatic amines is 1. The number of benzene rings is 2. The quantitative estimate of drug-likeness (QED) is 0.761. The van der Waals surface area contributed by atoms with E-state index >= 15 is 0 Å². The second-order valence-corrected chi connectivity index (χ2v) is 5.73. The van der Waals surface area contributed by atoms with Crippen LogP contribution in [0.4, 0.5) is 5.69 Å². The largest absolute Gasteiger partial charge is 0.493 e. The summed E-state index contributed by atoms with van der Waals surface area (Å²) in [7, 11) is 3.16. The number of carbonyl (C=O) groups is 1. The van der Waals surface area contributed by atoms with Gasteiger partial charge < -0.3 is 19.8 Å². The van der Waals surface area contributed by atoms with Gasteiger partial charge in [-0.1, -0.05) is 12.1 Å². The maximum Gasteiger partial charge on any atom is 0.257 e. The zero-order valence-corrected chi connectivity index (χ0v) is 14.2. The molecular formula is C19H20N2O3. The molecule has 1 aromatic heterocycles. The third-order valence-electron chi connectivity index (χ3n) is 4.07. The molecule has 24 heavy (non-hydrogen) atoms. The molecule has 2 aromatic carbocycles. The molecule has 0 atom stereocenters. The first-order valence-electron chi connectivity index (χ1n) is 7.65. The normalized spacial score (nSPS) is 10.7. The van der Waals surface area contributed by atoms with Gasteiger partial charge in [0.2, 0.25) is 0 Å². The van der Waals surface area contributed by atoms with E-state index in [1.54, 1.807) is 20.4 Å². The number of aromatic nitrogens is 1. The van der Waals surface area contributed by atoms with E-state index in [1.165, 1.54) is 0 Å². The van der Waals surface area contributed by atoms with Gasteiger partial charge in [0.25, 0.3) is 5.91 Å². The van der Waals surface area contributed by atoms with Crippen molar-refractivity contribution in [1.29, 1.82) is 0 Å². The van der Waals surface area contributed by atoms with Crippen molar-refractivity contribution in [1.82, 2.24) is 4.98 Å². The molecule has 1 heterocycles. The van der Waals surface area contributed by atoms with E-state index in [2.05, 4.69) is 10.3 Å². The number of amides is 1. The van der Waals surface area contributed by atoms with Crippen molar-refractivity contribution >= 4 is 22.5 Å². The van der Waals surface area contributed by atoms with E-state index in [9.17, 15) is 4.79 Å². The van der Waals surface area contributed by atoms with Crippen molar-refractivity contribution in [3.63, 3.8) is 0 Å². The van der Waals surface area contributed by atoms with Crippen molar-refractivity contribution in [2.75, 3.05) is 19.5 Å². The van der Waals surface area contributed by atoms with Crippen molar-refractivity contribution in [2.24, 2.45) is 0 Å². The van der Waals surface area contributed by atoms with Crippen LogP contribution in [0.15, 0.2) is 36.5 Å². The molecule has 0 saturated carbocycles. The Morgan fingerprint density at radius 3 is 2.46 bits per heavy atom. The molecule has 0 aliphatic carbocycles. The predicted molar refractivity (Wildman–Crippen MR) is 95.3 cm³/mol. The summed E-state index contributed by atoms with van der Waals surface area (Å²) in [5.41, 5.74) is 4.31. The SMILES string of the molecule is COc1cc2[nH]cc(C(=O)Nc3cc(C)ccc3C)c2cc1OC. The summed E-state index contributed by atoms with van der Waals surface area (Å²) < 4.78 is 10.6. The lowest BCUT2D eigenvalue weighted by Crippen LogP contribution is -2.12. The van der Waals surface area contributed by atoms with E-state index in [0.717, 1.165) is 27.7 Å². The number of ether oxygens (including phenoxy) is 2. The molecule has 5 nitrogen and oxygen atoms in total. The second kappa shape index (κ2) is 6.28. The van der Waals surface area contributed by atoms with Crippen LogP contribution in [-0.2, 0) is 0 Å². The second-order valence-electron chi connectivity index (χ2n) is 5.73. The highest BCUT2D eigenvalue weighted by molar-refractivity contribution is 6.13. The molecule has 3 rings (SSSR count). The number of nitrogens with one attached hydrogen (secondary N) is 2. The van der Waals surface area contributed by atoms with Crippen LogP contribution in [0.5, 0.6) is 11.5 Å². The number of fused-ring (bicyclic) bond motifs is 1. The topological polar surface area (TPSA) is 63.4 Å². The van der Waals surface area contributed by atoms with Crippen molar-refractivity contribution < 1.29 is 14.3 Å². The van der Waals surface area contributed by atoms with Gasteiger partial charge in [-0.05, 0) is 37.1 Å². The lowest BCUT2D eigenvalue weighted by molar-refractivity contribution is 0.102. The van der Waals surface area contributed by atoms with Gasteiger partial charge in [-0.25, -0.2) is 0 Å². The Hall–Kier alpha value is -2.95. The Kier molecular flexibility index (Phi) is 4.16. The Balaban J connectivity index is 1.99. The van der Waals surface area contributed by atoms with Gasteiger partial charge in [0, 0.05) is 23.3 Å². The molecule has 2 N–H and O–H groups in total. The highest BCUT2D eigenvalue weighted by Crippen LogP contribution is 2.33. The molecule has 0 aliphatic rings. The molecule has 0 saturated heterocycles. The number of anilines is 1. The number of aryl methyl sites for hydroxylation is 2. The highest BCUT2D eigenvalue weighted by atomic mass is 16.5. The first kappa shape index (κ1) is 15.9. The van der Waals surface area contributed by atoms with Crippen LogP contribution in [-0.4, -0.2) is 25.1 Å². The molecule has 0 radical (unpaired) electrons. The lowest BCUT2D eigenvalue weighted by Gasteiger charge is -2.10. The van der Waals surface area contributed by atoms with E-state index in [4.69, 9.17) is 9.47 Å². The zero-order valence-electron chi connectivity index (χ0n) is 14.2. The maximum absolute atomic E-state index is 12.7. The highest BCUT2D eigenvalue weighted by Gasteiger charge is 2.16. The summed E-state index contributed by atoms with van der Waals surface area (Å²) in [6.45, 7) is 3.97. The molecule has 0 fully saturated rings. The molecule has 3 aromatic rings. The minimum Gasteiger partial charge on any atom is -0.493 e. The Bertz CT molecular complexity index is 912. The predicted octanol–water partition coefficient (Wildman–Crippen LogP) is 4.05. The summed E-state index contributed by atoms with van der Waals surface area (Å²) >= 11 is 0. The van der Waals surface area contributed by atoms with Crippen molar-refractivity contribution in [2.45, 2.75) is 13.8 Å². The molecule has 124 valence electrons. The average Bonchev–Trinajstić information content (AvgIpc) is 2.99. The molecule has 0 unspecified atom stereocenters.